The molecule has 0 spiro atoms. The molecule has 8 N–H and O–H groups in total. The van der Waals surface area contributed by atoms with Crippen LogP contribution in [0.1, 0.15) is 117 Å². The quantitative estimate of drug-likeness (QED) is 0.0331. The molecule has 22 heteroatoms. The zero-order valence-electron chi connectivity index (χ0n) is 42.1. The highest BCUT2D eigenvalue weighted by Gasteiger charge is 2.46. The van der Waals surface area contributed by atoms with Crippen LogP contribution in [0, 0.1) is 18.7 Å². The number of carbonyl (C=O) groups excluding carboxylic acids is 8. The molecule has 0 saturated heterocycles. The van der Waals surface area contributed by atoms with Gasteiger partial charge in [0, 0.05) is 59.9 Å². The Morgan fingerprint density at radius 1 is 0.960 bits per heavy atom. The Labute approximate surface area is 430 Å². The highest BCUT2D eigenvalue weighted by atomic mass is 19.1. The van der Waals surface area contributed by atoms with Crippen molar-refractivity contribution in [2.24, 2.45) is 11.7 Å². The van der Waals surface area contributed by atoms with Crippen LogP contribution in [0.25, 0.3) is 22.3 Å². The third-order valence-electron chi connectivity index (χ3n) is 14.3. The van der Waals surface area contributed by atoms with E-state index in [2.05, 4.69) is 26.6 Å². The van der Waals surface area contributed by atoms with E-state index in [9.17, 15) is 48.3 Å². The number of hydrogen-bond acceptors (Lipinski definition) is 13. The maximum atomic E-state index is 15.4. The van der Waals surface area contributed by atoms with Crippen LogP contribution in [-0.2, 0) is 70.0 Å². The molecule has 0 radical (unpaired) electrons. The third-order valence-corrected chi connectivity index (χ3v) is 14.3. The van der Waals surface area contributed by atoms with Crippen LogP contribution < -0.4 is 37.9 Å². The summed E-state index contributed by atoms with van der Waals surface area (Å²) in [5.41, 5.74) is 7.42. The number of aliphatic hydroxyl groups is 1. The lowest BCUT2D eigenvalue weighted by Gasteiger charge is -2.31. The smallest absolute Gasteiger partial charge is 0.407 e. The molecule has 2 aromatic carbocycles. The number of carbonyl (C=O) groups is 8. The van der Waals surface area contributed by atoms with E-state index in [0.29, 0.717) is 82.3 Å². The fourth-order valence-corrected chi connectivity index (χ4v) is 10.2. The lowest BCUT2D eigenvalue weighted by Crippen LogP contribution is -2.54. The lowest BCUT2D eigenvalue weighted by molar-refractivity contribution is -0.172. The summed E-state index contributed by atoms with van der Waals surface area (Å²) in [5.74, 6) is -3.97. The van der Waals surface area contributed by atoms with Crippen LogP contribution in [0.2, 0.25) is 0 Å². The number of aromatic nitrogens is 2. The Hall–Kier alpha value is -8.01. The van der Waals surface area contributed by atoms with Gasteiger partial charge >= 0.3 is 18.1 Å². The molecule has 4 aliphatic rings. The lowest BCUT2D eigenvalue weighted by atomic mass is 9.81. The van der Waals surface area contributed by atoms with Gasteiger partial charge in [0.15, 0.2) is 5.60 Å². The minimum Gasteiger partial charge on any atom is -0.458 e. The number of halogens is 1. The van der Waals surface area contributed by atoms with E-state index < -0.39 is 65.0 Å². The highest BCUT2D eigenvalue weighted by molar-refractivity contribution is 6.12. The monoisotopic (exact) mass is 1030 g/mol. The first kappa shape index (κ1) is 53.3. The molecular weight excluding hydrogens is 974 g/mol. The Morgan fingerprint density at radius 2 is 1.69 bits per heavy atom. The van der Waals surface area contributed by atoms with Gasteiger partial charge in [0.2, 0.25) is 17.7 Å². The normalized spacial score (nSPS) is 17.9. The second-order valence-electron chi connectivity index (χ2n) is 19.6. The first-order valence-electron chi connectivity index (χ1n) is 25.1. The van der Waals surface area contributed by atoms with E-state index >= 15 is 4.39 Å². The van der Waals surface area contributed by atoms with E-state index in [0.717, 1.165) is 10.5 Å². The number of alkyl carbamates (subject to hydrolysis) is 1. The molecule has 8 amide bonds. The summed E-state index contributed by atoms with van der Waals surface area (Å²) in [7, 11) is 0. The number of nitrogens with two attached hydrogens (primary N) is 1. The second-order valence-corrected chi connectivity index (χ2v) is 19.6. The number of aryl methyl sites for hydroxylation is 1. The SMILES string of the molecule is CC[C@@]1(O)C(=O)OCc2c1cc1n(c2=O)Cc2c-1nc1cc(F)c(C)c3c1c2[C@@H](NC(=O)OCc1ccc(NC(=O)[C@H](CCCNC(N)=O)NC(=O)[C@@H](NC(=O)CCCCCN2C(=O)C=CC2=O)C(C)C)cc1)CC3. The van der Waals surface area contributed by atoms with Crippen molar-refractivity contribution in [3.05, 3.63) is 104 Å². The minimum absolute atomic E-state index is 0.0418. The van der Waals surface area contributed by atoms with Gasteiger partial charge in [-0.1, -0.05) is 39.3 Å². The Kier molecular flexibility index (Phi) is 15.8. The predicted molar refractivity (Wildman–Crippen MR) is 269 cm³/mol. The average Bonchev–Trinajstić information content (AvgIpc) is 3.95. The number of unbranched alkanes of at least 4 members (excludes halogenated alkanes) is 2. The predicted octanol–water partition coefficient (Wildman–Crippen LogP) is 3.94. The largest absolute Gasteiger partial charge is 0.458 e. The zero-order valence-corrected chi connectivity index (χ0v) is 42.1. The van der Waals surface area contributed by atoms with Gasteiger partial charge in [-0.05, 0) is 98.2 Å². The summed E-state index contributed by atoms with van der Waals surface area (Å²) in [6, 6.07) is 5.89. The molecular formula is C53H60FN9O12. The van der Waals surface area contributed by atoms with E-state index in [1.807, 2.05) is 0 Å². The van der Waals surface area contributed by atoms with E-state index in [1.165, 1.54) is 22.8 Å². The minimum atomic E-state index is -2.05. The van der Waals surface area contributed by atoms with Gasteiger partial charge in [0.25, 0.3) is 17.4 Å². The number of nitrogens with one attached hydrogen (secondary N) is 5. The number of anilines is 1. The molecule has 396 valence electrons. The van der Waals surface area contributed by atoms with Crippen LogP contribution in [0.4, 0.5) is 19.7 Å². The number of primary amides is 1. The molecule has 21 nitrogen and oxygen atoms in total. The number of amides is 8. The van der Waals surface area contributed by atoms with Crippen LogP contribution in [0.3, 0.4) is 0 Å². The number of imide groups is 1. The summed E-state index contributed by atoms with van der Waals surface area (Å²) in [6.45, 7) is 6.74. The first-order chi connectivity index (χ1) is 35.8. The number of ether oxygens (including phenoxy) is 2. The van der Waals surface area contributed by atoms with Gasteiger partial charge in [-0.2, -0.15) is 0 Å². The van der Waals surface area contributed by atoms with E-state index in [-0.39, 0.29) is 93.3 Å². The molecule has 4 atom stereocenters. The van der Waals surface area contributed by atoms with Crippen molar-refractivity contribution in [1.82, 2.24) is 35.7 Å². The number of fused-ring (bicyclic) bond motifs is 5. The molecule has 0 saturated carbocycles. The molecule has 75 heavy (non-hydrogen) atoms. The van der Waals surface area contributed by atoms with Crippen molar-refractivity contribution in [2.45, 2.75) is 129 Å². The average molecular weight is 1030 g/mol. The number of hydrogen-bond donors (Lipinski definition) is 7. The number of cyclic esters (lactones) is 1. The molecule has 1 aliphatic carbocycles. The highest BCUT2D eigenvalue weighted by Crippen LogP contribution is 2.46. The summed E-state index contributed by atoms with van der Waals surface area (Å²) in [5, 5.41) is 25.8. The topological polar surface area (TPSA) is 300 Å². The molecule has 0 unspecified atom stereocenters. The van der Waals surface area contributed by atoms with Crippen LogP contribution in [-0.4, -0.2) is 92.4 Å². The maximum Gasteiger partial charge on any atom is 0.407 e. The summed E-state index contributed by atoms with van der Waals surface area (Å²) < 4.78 is 27.8. The summed E-state index contributed by atoms with van der Waals surface area (Å²) in [4.78, 5) is 122. The molecule has 0 fully saturated rings. The van der Waals surface area contributed by atoms with Crippen LogP contribution >= 0.6 is 0 Å². The molecule has 2 aromatic heterocycles. The van der Waals surface area contributed by atoms with Crippen molar-refractivity contribution >= 4 is 64.2 Å². The van der Waals surface area contributed by atoms with E-state index in [1.54, 1.807) is 58.0 Å². The summed E-state index contributed by atoms with van der Waals surface area (Å²) >= 11 is 0. The zero-order chi connectivity index (χ0) is 53.9. The van der Waals surface area contributed by atoms with Gasteiger partial charge in [0.1, 0.15) is 31.1 Å². The molecule has 5 heterocycles. The number of rotatable bonds is 20. The van der Waals surface area contributed by atoms with E-state index in [4.69, 9.17) is 20.2 Å². The van der Waals surface area contributed by atoms with Gasteiger partial charge < -0.3 is 51.5 Å². The second kappa shape index (κ2) is 22.2. The third kappa shape index (κ3) is 11.1. The van der Waals surface area contributed by atoms with Gasteiger partial charge in [-0.15, -0.1) is 0 Å². The fraction of sp³-hybridized carbons (Fsp3) is 0.434. The molecule has 0 bridgehead atoms. The van der Waals surface area contributed by atoms with Crippen LogP contribution in [0.15, 0.2) is 53.3 Å². The first-order valence-corrected chi connectivity index (χ1v) is 25.1. The number of urea groups is 1. The Balaban J connectivity index is 0.902. The number of nitrogens with zero attached hydrogens (tertiary/aromatic N) is 3. The van der Waals surface area contributed by atoms with Crippen molar-refractivity contribution in [1.29, 1.82) is 0 Å². The van der Waals surface area contributed by atoms with Crippen molar-refractivity contribution in [2.75, 3.05) is 18.4 Å². The molecule has 8 rings (SSSR count). The fourth-order valence-electron chi connectivity index (χ4n) is 10.2. The van der Waals surface area contributed by atoms with Crippen molar-refractivity contribution in [3.63, 3.8) is 0 Å². The van der Waals surface area contributed by atoms with Gasteiger partial charge in [-0.25, -0.2) is 23.8 Å². The van der Waals surface area contributed by atoms with Crippen LogP contribution in [0.5, 0.6) is 0 Å². The van der Waals surface area contributed by atoms with Crippen molar-refractivity contribution < 1.29 is 57.3 Å². The molecule has 4 aromatic rings. The number of esters is 1. The maximum absolute atomic E-state index is 15.4. The number of benzene rings is 2. The standard InChI is InChI=1S/C53H60FN9O12/c1-5-53(73)34-22-39-46-32(24-63(39)49(69)33(34)26-74-50(53)70)44-36(17-16-31-28(4)35(54)23-38(58-46)43(31)44)60-52(72)75-25-29-12-14-30(15-13-29)57-47(67)37(10-9-20-56-51(55)71)59-48(68)45(27(2)3)61-40(64)11-7-6-8-21-62-41(65)18-19-42(62)66/h12-15,18-19,22-23,27,36-37,45,73H,5-11,16-17,20-21,24-26H2,1-4H3,(H,57,67)(H,59,68)(H,60,72)(H,61,64)(H3,55,56,71)/t36-,37-,45-,53-/m0/s1. The van der Waals surface area contributed by atoms with Crippen molar-refractivity contribution in [3.8, 4) is 11.4 Å². The van der Waals surface area contributed by atoms with Gasteiger partial charge in [0.05, 0.1) is 35.1 Å². The number of pyridine rings is 2. The Morgan fingerprint density at radius 3 is 2.39 bits per heavy atom. The Bertz CT molecular complexity index is 3080. The van der Waals surface area contributed by atoms with Gasteiger partial charge in [-0.3, -0.25) is 33.7 Å². The summed E-state index contributed by atoms with van der Waals surface area (Å²) in [6.07, 6.45) is 4.40. The molecule has 3 aliphatic heterocycles.